The van der Waals surface area contributed by atoms with Gasteiger partial charge in [-0.1, -0.05) is 31.4 Å². The van der Waals surface area contributed by atoms with E-state index in [9.17, 15) is 9.59 Å². The molecule has 1 aliphatic carbocycles. The highest BCUT2D eigenvalue weighted by molar-refractivity contribution is 5.91. The maximum absolute atomic E-state index is 12.9. The maximum Gasteiger partial charge on any atom is 0.312 e. The molecule has 5 nitrogen and oxygen atoms in total. The molecule has 0 aromatic carbocycles. The smallest absolute Gasteiger partial charge is 0.312 e. The molecule has 4 aliphatic rings. The molecule has 4 rings (SSSR count). The van der Waals surface area contributed by atoms with Crippen LogP contribution in [0.25, 0.3) is 0 Å². The van der Waals surface area contributed by atoms with Gasteiger partial charge in [0.15, 0.2) is 0 Å². The standard InChI is InChI=1S/C16H21NO4/c1-20-15(19)12-11-7-8-16(21-11)9-17(14(18)13(12)16)10-5-3-2-4-6-10/h7-8,10-13H,2-6,9H2,1H3/t11-,12-,13-,16+/m0/s1. The molecule has 0 radical (unpaired) electrons. The van der Waals surface area contributed by atoms with Crippen molar-refractivity contribution >= 4 is 11.9 Å². The van der Waals surface area contributed by atoms with Gasteiger partial charge in [0.2, 0.25) is 5.91 Å². The summed E-state index contributed by atoms with van der Waals surface area (Å²) in [5, 5.41) is 0. The lowest BCUT2D eigenvalue weighted by molar-refractivity contribution is -0.151. The molecule has 4 atom stereocenters. The van der Waals surface area contributed by atoms with Crippen LogP contribution in [0.5, 0.6) is 0 Å². The fourth-order valence-electron chi connectivity index (χ4n) is 4.64. The van der Waals surface area contributed by atoms with Crippen molar-refractivity contribution in [3.05, 3.63) is 12.2 Å². The molecule has 0 unspecified atom stereocenters. The van der Waals surface area contributed by atoms with Crippen molar-refractivity contribution < 1.29 is 19.1 Å². The van der Waals surface area contributed by atoms with Crippen LogP contribution in [-0.4, -0.2) is 48.2 Å². The third kappa shape index (κ3) is 1.73. The normalized spacial score (nSPS) is 41.7. The molecule has 0 N–H and O–H groups in total. The van der Waals surface area contributed by atoms with Crippen molar-refractivity contribution in [2.45, 2.75) is 49.9 Å². The van der Waals surface area contributed by atoms with Gasteiger partial charge in [-0.05, 0) is 12.8 Å². The van der Waals surface area contributed by atoms with Gasteiger partial charge in [-0.15, -0.1) is 0 Å². The number of hydrogen-bond acceptors (Lipinski definition) is 4. The largest absolute Gasteiger partial charge is 0.469 e. The van der Waals surface area contributed by atoms with E-state index in [2.05, 4.69) is 0 Å². The van der Waals surface area contributed by atoms with Gasteiger partial charge in [-0.2, -0.15) is 0 Å². The van der Waals surface area contributed by atoms with E-state index >= 15 is 0 Å². The van der Waals surface area contributed by atoms with Crippen LogP contribution in [0.15, 0.2) is 12.2 Å². The Kier molecular flexibility index (Phi) is 2.89. The molecule has 3 aliphatic heterocycles. The summed E-state index contributed by atoms with van der Waals surface area (Å²) < 4.78 is 10.9. The Morgan fingerprint density at radius 3 is 2.86 bits per heavy atom. The lowest BCUT2D eigenvalue weighted by Gasteiger charge is -2.32. The zero-order valence-corrected chi connectivity index (χ0v) is 12.3. The number of likely N-dealkylation sites (tertiary alicyclic amines) is 1. The average Bonchev–Trinajstić information content (AvgIpc) is 3.16. The number of fused-ring (bicyclic) bond motifs is 1. The lowest BCUT2D eigenvalue weighted by Crippen LogP contribution is -2.42. The summed E-state index contributed by atoms with van der Waals surface area (Å²) in [6.45, 7) is 0.599. The van der Waals surface area contributed by atoms with Crippen LogP contribution < -0.4 is 0 Å². The number of esters is 1. The molecule has 0 aromatic rings. The summed E-state index contributed by atoms with van der Waals surface area (Å²) >= 11 is 0. The lowest BCUT2D eigenvalue weighted by atomic mass is 9.77. The van der Waals surface area contributed by atoms with Crippen LogP contribution >= 0.6 is 0 Å². The Morgan fingerprint density at radius 1 is 1.38 bits per heavy atom. The molecule has 0 aromatic heterocycles. The Bertz CT molecular complexity index is 510. The zero-order chi connectivity index (χ0) is 14.6. The number of carbonyl (C=O) groups excluding carboxylic acids is 2. The molecule has 2 bridgehead atoms. The summed E-state index contributed by atoms with van der Waals surface area (Å²) in [6.07, 6.45) is 9.42. The first-order chi connectivity index (χ1) is 10.2. The van der Waals surface area contributed by atoms with Gasteiger partial charge in [0.25, 0.3) is 0 Å². The first kappa shape index (κ1) is 13.3. The van der Waals surface area contributed by atoms with E-state index in [4.69, 9.17) is 9.47 Å². The summed E-state index contributed by atoms with van der Waals surface area (Å²) in [5.41, 5.74) is -0.585. The molecule has 3 heterocycles. The van der Waals surface area contributed by atoms with Gasteiger partial charge in [0.05, 0.1) is 25.7 Å². The highest BCUT2D eigenvalue weighted by atomic mass is 16.5. The first-order valence-corrected chi connectivity index (χ1v) is 7.92. The minimum Gasteiger partial charge on any atom is -0.469 e. The fourth-order valence-corrected chi connectivity index (χ4v) is 4.64. The quantitative estimate of drug-likeness (QED) is 0.568. The summed E-state index contributed by atoms with van der Waals surface area (Å²) in [4.78, 5) is 26.9. The van der Waals surface area contributed by atoms with Crippen molar-refractivity contribution in [1.29, 1.82) is 0 Å². The number of amides is 1. The van der Waals surface area contributed by atoms with Crippen molar-refractivity contribution in [2.75, 3.05) is 13.7 Å². The minimum atomic E-state index is -0.585. The molecule has 1 spiro atoms. The molecule has 3 fully saturated rings. The highest BCUT2D eigenvalue weighted by Gasteiger charge is 2.67. The zero-order valence-electron chi connectivity index (χ0n) is 12.3. The SMILES string of the molecule is COC(=O)[C@H]1[C@@H]2C=C[C@]3(CN(C4CCCCC4)C(=O)[C@H]13)O2. The monoisotopic (exact) mass is 291 g/mol. The molecular weight excluding hydrogens is 270 g/mol. The van der Waals surface area contributed by atoms with Gasteiger partial charge in [-0.3, -0.25) is 9.59 Å². The van der Waals surface area contributed by atoms with Gasteiger partial charge in [0, 0.05) is 6.04 Å². The maximum atomic E-state index is 12.9. The Labute approximate surface area is 124 Å². The van der Waals surface area contributed by atoms with Crippen LogP contribution in [0.3, 0.4) is 0 Å². The molecule has 2 saturated heterocycles. The van der Waals surface area contributed by atoms with Crippen molar-refractivity contribution in [3.8, 4) is 0 Å². The summed E-state index contributed by atoms with van der Waals surface area (Å²) in [6, 6.07) is 0.320. The van der Waals surface area contributed by atoms with Crippen LogP contribution in [0, 0.1) is 11.8 Å². The van der Waals surface area contributed by atoms with Crippen LogP contribution in [0.2, 0.25) is 0 Å². The third-order valence-electron chi connectivity index (χ3n) is 5.62. The number of methoxy groups -OCH3 is 1. The molecular formula is C16H21NO4. The van der Waals surface area contributed by atoms with E-state index in [-0.39, 0.29) is 23.9 Å². The summed E-state index contributed by atoms with van der Waals surface area (Å²) in [7, 11) is 1.38. The molecule has 1 saturated carbocycles. The number of hydrogen-bond donors (Lipinski definition) is 0. The molecule has 21 heavy (non-hydrogen) atoms. The molecule has 5 heteroatoms. The van der Waals surface area contributed by atoms with Crippen molar-refractivity contribution in [2.24, 2.45) is 11.8 Å². The second kappa shape index (κ2) is 4.57. The van der Waals surface area contributed by atoms with Gasteiger partial charge in [0.1, 0.15) is 11.5 Å². The van der Waals surface area contributed by atoms with Gasteiger partial charge >= 0.3 is 5.97 Å². The average molecular weight is 291 g/mol. The van der Waals surface area contributed by atoms with Crippen molar-refractivity contribution in [1.82, 2.24) is 4.90 Å². The van der Waals surface area contributed by atoms with E-state index in [1.165, 1.54) is 26.4 Å². The predicted octanol–water partition coefficient (Wildman–Crippen LogP) is 1.27. The highest BCUT2D eigenvalue weighted by Crippen LogP contribution is 2.53. The van der Waals surface area contributed by atoms with Gasteiger partial charge < -0.3 is 14.4 Å². The van der Waals surface area contributed by atoms with E-state index in [0.29, 0.717) is 12.6 Å². The summed E-state index contributed by atoms with van der Waals surface area (Å²) in [5.74, 6) is -1.10. The minimum absolute atomic E-state index is 0.0872. The van der Waals surface area contributed by atoms with Crippen LogP contribution in [0.1, 0.15) is 32.1 Å². The van der Waals surface area contributed by atoms with Crippen LogP contribution in [-0.2, 0) is 19.1 Å². The Morgan fingerprint density at radius 2 is 2.14 bits per heavy atom. The van der Waals surface area contributed by atoms with E-state index < -0.39 is 11.5 Å². The predicted molar refractivity (Wildman–Crippen MR) is 74.3 cm³/mol. The second-order valence-electron chi connectivity index (χ2n) is 6.68. The van der Waals surface area contributed by atoms with E-state index in [1.807, 2.05) is 17.1 Å². The molecule has 1 amide bonds. The van der Waals surface area contributed by atoms with Crippen molar-refractivity contribution in [3.63, 3.8) is 0 Å². The van der Waals surface area contributed by atoms with Crippen LogP contribution in [0.4, 0.5) is 0 Å². The Hall–Kier alpha value is -1.36. The molecule has 114 valence electrons. The van der Waals surface area contributed by atoms with E-state index in [0.717, 1.165) is 12.8 Å². The number of nitrogens with zero attached hydrogens (tertiary/aromatic N) is 1. The number of ether oxygens (including phenoxy) is 2. The van der Waals surface area contributed by atoms with E-state index in [1.54, 1.807) is 0 Å². The number of carbonyl (C=O) groups is 2. The third-order valence-corrected chi connectivity index (χ3v) is 5.62. The topological polar surface area (TPSA) is 55.8 Å². The Balaban J connectivity index is 1.63. The fraction of sp³-hybridized carbons (Fsp3) is 0.750. The second-order valence-corrected chi connectivity index (χ2v) is 6.68. The van der Waals surface area contributed by atoms with Gasteiger partial charge in [-0.25, -0.2) is 0 Å². The number of rotatable bonds is 2. The first-order valence-electron chi connectivity index (χ1n) is 7.92.